The van der Waals surface area contributed by atoms with E-state index in [2.05, 4.69) is 18.0 Å². The number of allylic oxidation sites excluding steroid dienone is 1. The van der Waals surface area contributed by atoms with E-state index in [4.69, 9.17) is 10.2 Å². The molecule has 146 valence electrons. The molecule has 0 atom stereocenters. The summed E-state index contributed by atoms with van der Waals surface area (Å²) in [6.45, 7) is 4.09. The fourth-order valence-electron chi connectivity index (χ4n) is 3.46. The topological polar surface area (TPSA) is 87.8 Å². The van der Waals surface area contributed by atoms with Gasteiger partial charge in [-0.3, -0.25) is 14.2 Å². The number of nitriles is 1. The van der Waals surface area contributed by atoms with E-state index in [-0.39, 0.29) is 17.2 Å². The second kappa shape index (κ2) is 8.23. The smallest absolute Gasteiger partial charge is 0.263 e. The third-order valence-corrected chi connectivity index (χ3v) is 6.92. The van der Waals surface area contributed by atoms with Gasteiger partial charge in [0.25, 0.3) is 5.56 Å². The van der Waals surface area contributed by atoms with E-state index < -0.39 is 0 Å². The lowest BCUT2D eigenvalue weighted by Crippen LogP contribution is -2.24. The highest BCUT2D eigenvalue weighted by Crippen LogP contribution is 2.35. The molecule has 0 spiro atoms. The summed E-state index contributed by atoms with van der Waals surface area (Å²) in [6, 6.07) is 8.90. The minimum absolute atomic E-state index is 0.0629. The van der Waals surface area contributed by atoms with Crippen LogP contribution in [-0.4, -0.2) is 21.2 Å². The molecule has 0 fully saturated rings. The van der Waals surface area contributed by atoms with Gasteiger partial charge in [-0.1, -0.05) is 30.0 Å². The summed E-state index contributed by atoms with van der Waals surface area (Å²) in [5, 5.41) is 13.1. The summed E-state index contributed by atoms with van der Waals surface area (Å²) >= 11 is 2.80. The molecule has 0 aliphatic heterocycles. The number of anilines is 1. The molecule has 1 aliphatic carbocycles. The van der Waals surface area contributed by atoms with E-state index in [1.54, 1.807) is 46.2 Å². The van der Waals surface area contributed by atoms with Gasteiger partial charge in [0.2, 0.25) is 5.91 Å². The Bertz CT molecular complexity index is 1220. The number of hydrogen-bond donors (Lipinski definition) is 1. The average Bonchev–Trinajstić information content (AvgIpc) is 3.30. The number of carbonyl (C=O) groups excluding carboxylic acids is 1. The standard InChI is InChI=1S/C21H18N4O2S2/c1-2-10-25-20(27)18-14-7-5-9-16(14)29-19(18)24-21(25)28-12-17(26)23-15-8-4-3-6-13(15)11-22/h2-4,6,8H,1,5,7,9-10,12H2,(H,23,26). The number of aromatic nitrogens is 2. The van der Waals surface area contributed by atoms with Crippen molar-refractivity contribution < 1.29 is 4.79 Å². The van der Waals surface area contributed by atoms with Crippen LogP contribution < -0.4 is 10.9 Å². The van der Waals surface area contributed by atoms with E-state index in [1.165, 1.54) is 16.6 Å². The number of nitrogens with one attached hydrogen (secondary N) is 1. The van der Waals surface area contributed by atoms with Gasteiger partial charge < -0.3 is 5.32 Å². The lowest BCUT2D eigenvalue weighted by molar-refractivity contribution is -0.113. The average molecular weight is 423 g/mol. The molecule has 1 aromatic carbocycles. The minimum atomic E-state index is -0.258. The second-order valence-corrected chi connectivity index (χ2v) is 8.66. The largest absolute Gasteiger partial charge is 0.324 e. The zero-order chi connectivity index (χ0) is 20.4. The minimum Gasteiger partial charge on any atom is -0.324 e. The van der Waals surface area contributed by atoms with Gasteiger partial charge in [0.15, 0.2) is 5.16 Å². The predicted octanol–water partition coefficient (Wildman–Crippen LogP) is 3.74. The summed E-state index contributed by atoms with van der Waals surface area (Å²) in [4.78, 5) is 32.2. The molecule has 1 N–H and O–H groups in total. The molecule has 6 nitrogen and oxygen atoms in total. The molecule has 0 saturated heterocycles. The van der Waals surface area contributed by atoms with Gasteiger partial charge in [-0.2, -0.15) is 5.26 Å². The molecule has 0 unspecified atom stereocenters. The van der Waals surface area contributed by atoms with E-state index >= 15 is 0 Å². The van der Waals surface area contributed by atoms with Crippen LogP contribution in [0.25, 0.3) is 10.2 Å². The van der Waals surface area contributed by atoms with Crippen LogP contribution in [0, 0.1) is 11.3 Å². The van der Waals surface area contributed by atoms with Gasteiger partial charge >= 0.3 is 0 Å². The molecule has 0 saturated carbocycles. The number of carbonyl (C=O) groups is 1. The zero-order valence-electron chi connectivity index (χ0n) is 15.6. The third-order valence-electron chi connectivity index (χ3n) is 4.76. The zero-order valence-corrected chi connectivity index (χ0v) is 17.2. The number of amides is 1. The van der Waals surface area contributed by atoms with Crippen molar-refractivity contribution in [2.24, 2.45) is 0 Å². The van der Waals surface area contributed by atoms with Crippen LogP contribution in [0.4, 0.5) is 5.69 Å². The highest BCUT2D eigenvalue weighted by atomic mass is 32.2. The van der Waals surface area contributed by atoms with E-state index in [1.807, 2.05) is 0 Å². The van der Waals surface area contributed by atoms with Gasteiger partial charge in [-0.15, -0.1) is 17.9 Å². The molecule has 1 aliphatic rings. The van der Waals surface area contributed by atoms with Crippen molar-refractivity contribution in [2.75, 3.05) is 11.1 Å². The number of aryl methyl sites for hydroxylation is 2. The second-order valence-electron chi connectivity index (χ2n) is 6.63. The highest BCUT2D eigenvalue weighted by Gasteiger charge is 2.23. The lowest BCUT2D eigenvalue weighted by Gasteiger charge is -2.11. The molecule has 0 bridgehead atoms. The van der Waals surface area contributed by atoms with Crippen LogP contribution in [0.3, 0.4) is 0 Å². The van der Waals surface area contributed by atoms with Crippen LogP contribution in [0.15, 0.2) is 46.9 Å². The maximum atomic E-state index is 13.1. The molecule has 2 aromatic heterocycles. The molecule has 4 rings (SSSR count). The molecular weight excluding hydrogens is 404 g/mol. The number of fused-ring (bicyclic) bond motifs is 3. The SMILES string of the molecule is C=CCn1c(SCC(=O)Nc2ccccc2C#N)nc2sc3c(c2c1=O)CCC3. The number of hydrogen-bond acceptors (Lipinski definition) is 6. The Balaban J connectivity index is 1.60. The Morgan fingerprint density at radius 3 is 3.03 bits per heavy atom. The monoisotopic (exact) mass is 422 g/mol. The molecule has 29 heavy (non-hydrogen) atoms. The molecule has 0 radical (unpaired) electrons. The maximum absolute atomic E-state index is 13.1. The number of para-hydroxylation sites is 1. The van der Waals surface area contributed by atoms with Gasteiger partial charge in [0.1, 0.15) is 10.9 Å². The van der Waals surface area contributed by atoms with Crippen LogP contribution >= 0.6 is 23.1 Å². The first kappa shape index (κ1) is 19.4. The van der Waals surface area contributed by atoms with Crippen molar-refractivity contribution in [2.45, 2.75) is 31.0 Å². The van der Waals surface area contributed by atoms with Crippen molar-refractivity contribution in [3.05, 3.63) is 63.3 Å². The van der Waals surface area contributed by atoms with E-state index in [0.29, 0.717) is 23.0 Å². The van der Waals surface area contributed by atoms with Crippen LogP contribution in [0.2, 0.25) is 0 Å². The molecule has 1 amide bonds. The van der Waals surface area contributed by atoms with Crippen molar-refractivity contribution in [1.82, 2.24) is 9.55 Å². The first-order valence-electron chi connectivity index (χ1n) is 9.20. The number of thioether (sulfide) groups is 1. The number of thiophene rings is 1. The maximum Gasteiger partial charge on any atom is 0.263 e. The fourth-order valence-corrected chi connectivity index (χ4v) is 5.58. The first-order valence-corrected chi connectivity index (χ1v) is 11.0. The Kier molecular flexibility index (Phi) is 5.51. The molecule has 3 aromatic rings. The quantitative estimate of drug-likeness (QED) is 0.371. The van der Waals surface area contributed by atoms with Crippen LogP contribution in [0.5, 0.6) is 0 Å². The summed E-state index contributed by atoms with van der Waals surface area (Å²) in [6.07, 6.45) is 4.67. The summed E-state index contributed by atoms with van der Waals surface area (Å²) in [7, 11) is 0. The normalized spacial score (nSPS) is 12.5. The number of nitrogens with zero attached hydrogens (tertiary/aromatic N) is 3. The van der Waals surface area contributed by atoms with Gasteiger partial charge in [-0.05, 0) is 37.0 Å². The van der Waals surface area contributed by atoms with Gasteiger partial charge in [0.05, 0.1) is 22.4 Å². The fraction of sp³-hybridized carbons (Fsp3) is 0.238. The Morgan fingerprint density at radius 2 is 2.24 bits per heavy atom. The first-order chi connectivity index (χ1) is 14.1. The van der Waals surface area contributed by atoms with Crippen molar-refractivity contribution in [1.29, 1.82) is 5.26 Å². The van der Waals surface area contributed by atoms with Crippen LogP contribution in [0.1, 0.15) is 22.4 Å². The lowest BCUT2D eigenvalue weighted by atomic mass is 10.2. The van der Waals surface area contributed by atoms with Crippen molar-refractivity contribution in [3.8, 4) is 6.07 Å². The van der Waals surface area contributed by atoms with Gasteiger partial charge in [-0.25, -0.2) is 4.98 Å². The van der Waals surface area contributed by atoms with Gasteiger partial charge in [0, 0.05) is 11.4 Å². The summed E-state index contributed by atoms with van der Waals surface area (Å²) in [5.41, 5.74) is 1.96. The Hall–Kier alpha value is -2.89. The van der Waals surface area contributed by atoms with Crippen molar-refractivity contribution in [3.63, 3.8) is 0 Å². The molecule has 2 heterocycles. The molecule has 8 heteroatoms. The van der Waals surface area contributed by atoms with E-state index in [9.17, 15) is 9.59 Å². The molecular formula is C21H18N4O2S2. The highest BCUT2D eigenvalue weighted by molar-refractivity contribution is 7.99. The Labute approximate surface area is 175 Å². The number of benzene rings is 1. The summed E-state index contributed by atoms with van der Waals surface area (Å²) < 4.78 is 1.59. The summed E-state index contributed by atoms with van der Waals surface area (Å²) in [5.74, 6) is -0.175. The Morgan fingerprint density at radius 1 is 1.41 bits per heavy atom. The van der Waals surface area contributed by atoms with Crippen LogP contribution in [-0.2, 0) is 24.2 Å². The number of rotatable bonds is 6. The predicted molar refractivity (Wildman–Crippen MR) is 117 cm³/mol. The van der Waals surface area contributed by atoms with Crippen molar-refractivity contribution >= 4 is 44.9 Å². The van der Waals surface area contributed by atoms with E-state index in [0.717, 1.165) is 35.0 Å². The third kappa shape index (κ3) is 3.71.